The van der Waals surface area contributed by atoms with E-state index in [4.69, 9.17) is 4.74 Å². The summed E-state index contributed by atoms with van der Waals surface area (Å²) in [6, 6.07) is 17.3. The molecule has 1 amide bonds. The summed E-state index contributed by atoms with van der Waals surface area (Å²) in [5, 5.41) is 12.8. The van der Waals surface area contributed by atoms with Crippen LogP contribution in [-0.2, 0) is 10.3 Å². The Hall–Kier alpha value is -2.75. The molecule has 0 heterocycles. The molecule has 4 heteroatoms. The number of rotatable bonds is 9. The average Bonchev–Trinajstić information content (AvgIpc) is 3.49. The van der Waals surface area contributed by atoms with Gasteiger partial charge >= 0.3 is 0 Å². The molecule has 0 spiro atoms. The molecule has 3 rings (SSSR count). The van der Waals surface area contributed by atoms with Crippen LogP contribution in [0, 0.1) is 5.92 Å². The summed E-state index contributed by atoms with van der Waals surface area (Å²) in [4.78, 5) is 12.8. The molecule has 0 aliphatic heterocycles. The second-order valence-electron chi connectivity index (χ2n) is 7.67. The number of hydrogen-bond donors (Lipinski definition) is 2. The number of benzene rings is 2. The molecule has 0 radical (unpaired) electrons. The molecule has 2 aromatic carbocycles. The highest BCUT2D eigenvalue weighted by molar-refractivity contribution is 6.19. The van der Waals surface area contributed by atoms with Crippen LogP contribution in [0.2, 0.25) is 0 Å². The third-order valence-electron chi connectivity index (χ3n) is 5.28. The standard InChI is InChI=1S/C24H29NO3/c1-3-7-18(2)17-28-21-12-10-19(11-13-21)22(16-26)23(27)25-24(14-15-24)20-8-5-4-6-9-20/h4-6,8-13,16,18,26H,3,7,14-15,17H2,1-2H3,(H,25,27)/t18-/m0/s1. The summed E-state index contributed by atoms with van der Waals surface area (Å²) in [6.07, 6.45) is 4.98. The Morgan fingerprint density at radius 3 is 2.43 bits per heavy atom. The number of hydrogen-bond acceptors (Lipinski definition) is 3. The molecule has 4 nitrogen and oxygen atoms in total. The first-order valence-corrected chi connectivity index (χ1v) is 10.0. The maximum absolute atomic E-state index is 12.8. The topological polar surface area (TPSA) is 58.6 Å². The summed E-state index contributed by atoms with van der Waals surface area (Å²) in [6.45, 7) is 5.02. The van der Waals surface area contributed by atoms with Crippen molar-refractivity contribution < 1.29 is 14.6 Å². The predicted molar refractivity (Wildman–Crippen MR) is 112 cm³/mol. The Kier molecular flexibility index (Phi) is 6.40. The van der Waals surface area contributed by atoms with Crippen LogP contribution in [0.5, 0.6) is 5.75 Å². The monoisotopic (exact) mass is 379 g/mol. The lowest BCUT2D eigenvalue weighted by Gasteiger charge is -2.19. The molecule has 148 valence electrons. The van der Waals surface area contributed by atoms with Gasteiger partial charge in [-0.3, -0.25) is 4.79 Å². The van der Waals surface area contributed by atoms with Crippen LogP contribution in [0.1, 0.15) is 50.7 Å². The fraction of sp³-hybridized carbons (Fsp3) is 0.375. The Morgan fingerprint density at radius 1 is 1.18 bits per heavy atom. The van der Waals surface area contributed by atoms with Gasteiger partial charge in [-0.15, -0.1) is 0 Å². The smallest absolute Gasteiger partial charge is 0.255 e. The van der Waals surface area contributed by atoms with E-state index in [2.05, 4.69) is 19.2 Å². The Labute approximate surface area is 167 Å². The highest BCUT2D eigenvalue weighted by Crippen LogP contribution is 2.45. The fourth-order valence-electron chi connectivity index (χ4n) is 3.46. The SMILES string of the molecule is CCC[C@H](C)COc1ccc(C(=CO)C(=O)NC2(c3ccccc3)CC2)cc1. The number of carbonyl (C=O) groups is 1. The molecule has 0 unspecified atom stereocenters. The zero-order valence-corrected chi connectivity index (χ0v) is 16.7. The lowest BCUT2D eigenvalue weighted by molar-refractivity contribution is -0.116. The first-order chi connectivity index (χ1) is 13.6. The van der Waals surface area contributed by atoms with Crippen LogP contribution in [0.3, 0.4) is 0 Å². The van der Waals surface area contributed by atoms with Gasteiger partial charge in [0, 0.05) is 0 Å². The van der Waals surface area contributed by atoms with Crippen LogP contribution in [0.15, 0.2) is 60.9 Å². The predicted octanol–water partition coefficient (Wildman–Crippen LogP) is 5.21. The van der Waals surface area contributed by atoms with Crippen molar-refractivity contribution in [3.05, 3.63) is 72.0 Å². The molecule has 28 heavy (non-hydrogen) atoms. The van der Waals surface area contributed by atoms with Gasteiger partial charge in [-0.05, 0) is 48.4 Å². The zero-order chi connectivity index (χ0) is 20.0. The van der Waals surface area contributed by atoms with Gasteiger partial charge in [0.1, 0.15) is 5.75 Å². The summed E-state index contributed by atoms with van der Waals surface area (Å²) < 4.78 is 5.82. The minimum atomic E-state index is -0.314. The summed E-state index contributed by atoms with van der Waals surface area (Å²) in [5.74, 6) is 1.01. The van der Waals surface area contributed by atoms with Crippen molar-refractivity contribution in [1.82, 2.24) is 5.32 Å². The van der Waals surface area contributed by atoms with Crippen LogP contribution < -0.4 is 10.1 Å². The van der Waals surface area contributed by atoms with Gasteiger partial charge < -0.3 is 15.2 Å². The first-order valence-electron chi connectivity index (χ1n) is 10.0. The molecule has 1 aliphatic rings. The van der Waals surface area contributed by atoms with E-state index in [0.717, 1.165) is 43.3 Å². The van der Waals surface area contributed by atoms with Crippen LogP contribution in [0.25, 0.3) is 5.57 Å². The molecule has 0 bridgehead atoms. The van der Waals surface area contributed by atoms with Crippen molar-refractivity contribution in [3.63, 3.8) is 0 Å². The lowest BCUT2D eigenvalue weighted by Crippen LogP contribution is -2.35. The first kappa shape index (κ1) is 20.0. The molecule has 1 saturated carbocycles. The minimum absolute atomic E-state index is 0.258. The number of aliphatic hydroxyl groups is 1. The average molecular weight is 380 g/mol. The van der Waals surface area contributed by atoms with E-state index in [-0.39, 0.29) is 17.0 Å². The van der Waals surface area contributed by atoms with Gasteiger partial charge in [0.25, 0.3) is 5.91 Å². The van der Waals surface area contributed by atoms with Gasteiger partial charge in [0.15, 0.2) is 0 Å². The van der Waals surface area contributed by atoms with E-state index >= 15 is 0 Å². The number of amides is 1. The Bertz CT molecular complexity index is 808. The summed E-state index contributed by atoms with van der Waals surface area (Å²) in [7, 11) is 0. The van der Waals surface area contributed by atoms with Crippen molar-refractivity contribution in [2.24, 2.45) is 5.92 Å². The number of aliphatic hydroxyl groups excluding tert-OH is 1. The highest BCUT2D eigenvalue weighted by atomic mass is 16.5. The lowest BCUT2D eigenvalue weighted by atomic mass is 10.0. The zero-order valence-electron chi connectivity index (χ0n) is 16.7. The second-order valence-corrected chi connectivity index (χ2v) is 7.67. The van der Waals surface area contributed by atoms with Gasteiger partial charge in [0.05, 0.1) is 24.0 Å². The van der Waals surface area contributed by atoms with E-state index in [1.807, 2.05) is 54.6 Å². The molecule has 1 fully saturated rings. The quantitative estimate of drug-likeness (QED) is 0.465. The largest absolute Gasteiger partial charge is 0.515 e. The second kappa shape index (κ2) is 8.96. The third-order valence-corrected chi connectivity index (χ3v) is 5.28. The number of ether oxygens (including phenoxy) is 1. The van der Waals surface area contributed by atoms with Crippen LogP contribution >= 0.6 is 0 Å². The fourth-order valence-corrected chi connectivity index (χ4v) is 3.46. The van der Waals surface area contributed by atoms with E-state index in [1.54, 1.807) is 0 Å². The van der Waals surface area contributed by atoms with Crippen LogP contribution in [0.4, 0.5) is 0 Å². The molecular formula is C24H29NO3. The normalized spacial score (nSPS) is 16.3. The van der Waals surface area contributed by atoms with Crippen molar-refractivity contribution >= 4 is 11.5 Å². The van der Waals surface area contributed by atoms with E-state index in [9.17, 15) is 9.90 Å². The minimum Gasteiger partial charge on any atom is -0.515 e. The number of carbonyl (C=O) groups excluding carboxylic acids is 1. The van der Waals surface area contributed by atoms with Crippen molar-refractivity contribution in [1.29, 1.82) is 0 Å². The van der Waals surface area contributed by atoms with Crippen molar-refractivity contribution in [3.8, 4) is 5.75 Å². The van der Waals surface area contributed by atoms with E-state index < -0.39 is 0 Å². The molecule has 2 aromatic rings. The number of nitrogens with one attached hydrogen (secondary N) is 1. The summed E-state index contributed by atoms with van der Waals surface area (Å²) in [5.41, 5.74) is 1.71. The Balaban J connectivity index is 1.64. The molecular weight excluding hydrogens is 350 g/mol. The van der Waals surface area contributed by atoms with E-state index in [1.165, 1.54) is 0 Å². The highest BCUT2D eigenvalue weighted by Gasteiger charge is 2.45. The van der Waals surface area contributed by atoms with Crippen molar-refractivity contribution in [2.75, 3.05) is 6.61 Å². The third kappa shape index (κ3) is 4.75. The van der Waals surface area contributed by atoms with Gasteiger partial charge in [-0.25, -0.2) is 0 Å². The molecule has 0 aromatic heterocycles. The molecule has 1 aliphatic carbocycles. The van der Waals surface area contributed by atoms with Gasteiger partial charge in [-0.1, -0.05) is 62.7 Å². The molecule has 2 N–H and O–H groups in total. The van der Waals surface area contributed by atoms with Crippen molar-refractivity contribution in [2.45, 2.75) is 45.1 Å². The summed E-state index contributed by atoms with van der Waals surface area (Å²) >= 11 is 0. The van der Waals surface area contributed by atoms with Gasteiger partial charge in [-0.2, -0.15) is 0 Å². The molecule has 1 atom stereocenters. The Morgan fingerprint density at radius 2 is 1.86 bits per heavy atom. The maximum Gasteiger partial charge on any atom is 0.255 e. The van der Waals surface area contributed by atoms with E-state index in [0.29, 0.717) is 18.1 Å². The maximum atomic E-state index is 12.8. The van der Waals surface area contributed by atoms with Gasteiger partial charge in [0.2, 0.25) is 0 Å². The van der Waals surface area contributed by atoms with Crippen LogP contribution in [-0.4, -0.2) is 17.6 Å². The molecule has 0 saturated heterocycles.